The Bertz CT molecular complexity index is 448. The molecule has 3 N–H and O–H groups in total. The highest BCUT2D eigenvalue weighted by Gasteiger charge is 2.20. The van der Waals surface area contributed by atoms with Crippen LogP contribution >= 0.6 is 15.9 Å². The second kappa shape index (κ2) is 6.44. The Morgan fingerprint density at radius 2 is 2.33 bits per heavy atom. The van der Waals surface area contributed by atoms with Gasteiger partial charge in [-0.05, 0) is 23.0 Å². The number of anilines is 1. The second-order valence-electron chi connectivity index (χ2n) is 4.07. The van der Waals surface area contributed by atoms with Gasteiger partial charge in [-0.3, -0.25) is 0 Å². The van der Waals surface area contributed by atoms with Gasteiger partial charge in [0.1, 0.15) is 0 Å². The molecule has 0 aromatic heterocycles. The van der Waals surface area contributed by atoms with Crippen LogP contribution in [0.1, 0.15) is 18.0 Å². The number of hydrogen-bond acceptors (Lipinski definition) is 2. The normalized spacial score (nSPS) is 17.9. The molecule has 0 saturated carbocycles. The number of fused-ring (bicyclic) bond motifs is 1. The molecule has 1 heterocycles. The Kier molecular flexibility index (Phi) is 4.64. The summed E-state index contributed by atoms with van der Waals surface area (Å²) < 4.78 is 0. The van der Waals surface area contributed by atoms with Gasteiger partial charge in [0.2, 0.25) is 0 Å². The fourth-order valence-corrected chi connectivity index (χ4v) is 2.21. The van der Waals surface area contributed by atoms with Crippen molar-refractivity contribution in [3.05, 3.63) is 40.9 Å². The number of hydrogen-bond donors (Lipinski definition) is 3. The van der Waals surface area contributed by atoms with E-state index >= 15 is 0 Å². The minimum Gasteiger partial charge on any atom is -0.385 e. The lowest BCUT2D eigenvalue weighted by atomic mass is 9.98. The fourth-order valence-electron chi connectivity index (χ4n) is 2.02. The quantitative estimate of drug-likeness (QED) is 0.804. The summed E-state index contributed by atoms with van der Waals surface area (Å²) in [5.74, 6) is 0. The summed E-state index contributed by atoms with van der Waals surface area (Å²) in [6.07, 6.45) is 2.73. The Hall–Kier alpha value is -1.49. The number of nitrogens with one attached hydrogen (secondary N) is 3. The Morgan fingerprint density at radius 1 is 1.50 bits per heavy atom. The fraction of sp³-hybridized carbons (Fsp3) is 0.308. The van der Waals surface area contributed by atoms with Crippen LogP contribution in [0.5, 0.6) is 0 Å². The van der Waals surface area contributed by atoms with Crippen LogP contribution in [-0.2, 0) is 0 Å². The van der Waals surface area contributed by atoms with E-state index in [0.29, 0.717) is 6.54 Å². The number of para-hydroxylation sites is 1. The van der Waals surface area contributed by atoms with E-state index in [4.69, 9.17) is 0 Å². The Morgan fingerprint density at radius 3 is 3.17 bits per heavy atom. The lowest BCUT2D eigenvalue weighted by Gasteiger charge is -2.27. The van der Waals surface area contributed by atoms with Crippen LogP contribution in [0.2, 0.25) is 0 Å². The molecule has 5 heteroatoms. The van der Waals surface area contributed by atoms with Crippen molar-refractivity contribution >= 4 is 27.6 Å². The van der Waals surface area contributed by atoms with Gasteiger partial charge in [0.05, 0.1) is 6.04 Å². The standard InChI is InChI=1S/C13H16BrN3O/c14-7-3-8-16-13(18)17-12-6-9-15-11-5-2-1-4-10(11)12/h1-5,7,12,15H,6,8-9H2,(H2,16,17,18)/b7-3-/t12-/m1/s1. The maximum atomic E-state index is 11.7. The number of carbonyl (C=O) groups excluding carboxylic acids is 1. The average Bonchev–Trinajstić information content (AvgIpc) is 2.39. The van der Waals surface area contributed by atoms with Crippen LogP contribution in [-0.4, -0.2) is 19.1 Å². The first kappa shape index (κ1) is 13.0. The summed E-state index contributed by atoms with van der Waals surface area (Å²) in [5.41, 5.74) is 2.25. The van der Waals surface area contributed by atoms with E-state index in [1.165, 1.54) is 0 Å². The van der Waals surface area contributed by atoms with Gasteiger partial charge in [-0.15, -0.1) is 0 Å². The predicted molar refractivity (Wildman–Crippen MR) is 76.9 cm³/mol. The lowest BCUT2D eigenvalue weighted by molar-refractivity contribution is 0.237. The van der Waals surface area contributed by atoms with Crippen molar-refractivity contribution in [3.8, 4) is 0 Å². The Labute approximate surface area is 115 Å². The molecular formula is C13H16BrN3O. The minimum absolute atomic E-state index is 0.0791. The molecule has 0 bridgehead atoms. The van der Waals surface area contributed by atoms with E-state index in [0.717, 1.165) is 24.2 Å². The summed E-state index contributed by atoms with van der Waals surface area (Å²) in [7, 11) is 0. The summed E-state index contributed by atoms with van der Waals surface area (Å²) in [6.45, 7) is 1.40. The van der Waals surface area contributed by atoms with Gasteiger partial charge in [-0.25, -0.2) is 4.79 Å². The topological polar surface area (TPSA) is 53.2 Å². The van der Waals surface area contributed by atoms with Crippen molar-refractivity contribution < 1.29 is 4.79 Å². The third-order valence-electron chi connectivity index (χ3n) is 2.86. The highest BCUT2D eigenvalue weighted by Crippen LogP contribution is 2.28. The molecule has 1 aliphatic heterocycles. The molecule has 2 amide bonds. The summed E-state index contributed by atoms with van der Waals surface area (Å²) in [5, 5.41) is 9.10. The van der Waals surface area contributed by atoms with Crippen molar-refractivity contribution in [2.24, 2.45) is 0 Å². The van der Waals surface area contributed by atoms with E-state index < -0.39 is 0 Å². The van der Waals surface area contributed by atoms with Gasteiger partial charge in [-0.2, -0.15) is 0 Å². The molecule has 18 heavy (non-hydrogen) atoms. The van der Waals surface area contributed by atoms with Crippen LogP contribution in [0.4, 0.5) is 10.5 Å². The first-order valence-corrected chi connectivity index (χ1v) is 6.85. The van der Waals surface area contributed by atoms with Crippen LogP contribution in [0.15, 0.2) is 35.3 Å². The van der Waals surface area contributed by atoms with E-state index in [2.05, 4.69) is 31.9 Å². The van der Waals surface area contributed by atoms with Gasteiger partial charge in [0.15, 0.2) is 0 Å². The van der Waals surface area contributed by atoms with Crippen molar-refractivity contribution in [1.29, 1.82) is 0 Å². The molecule has 0 unspecified atom stereocenters. The number of amides is 2. The van der Waals surface area contributed by atoms with E-state index in [1.807, 2.05) is 30.3 Å². The molecule has 96 valence electrons. The molecule has 0 saturated heterocycles. The molecule has 1 aromatic rings. The third-order valence-corrected chi connectivity index (χ3v) is 3.23. The number of halogens is 1. The van der Waals surface area contributed by atoms with Crippen molar-refractivity contribution in [2.45, 2.75) is 12.5 Å². The summed E-state index contributed by atoms with van der Waals surface area (Å²) in [6, 6.07) is 8.01. The first-order valence-electron chi connectivity index (χ1n) is 5.93. The highest BCUT2D eigenvalue weighted by molar-refractivity contribution is 9.11. The molecule has 0 aliphatic carbocycles. The molecule has 1 atom stereocenters. The first-order chi connectivity index (χ1) is 8.81. The SMILES string of the molecule is O=C(NC/C=C\Br)N[C@@H]1CCNc2ccccc21. The summed E-state index contributed by atoms with van der Waals surface area (Å²) >= 11 is 3.16. The summed E-state index contributed by atoms with van der Waals surface area (Å²) in [4.78, 5) is 13.4. The highest BCUT2D eigenvalue weighted by atomic mass is 79.9. The monoisotopic (exact) mass is 309 g/mol. The molecule has 0 spiro atoms. The van der Waals surface area contributed by atoms with Crippen molar-refractivity contribution in [3.63, 3.8) is 0 Å². The zero-order valence-electron chi connectivity index (χ0n) is 9.95. The largest absolute Gasteiger partial charge is 0.385 e. The van der Waals surface area contributed by atoms with Crippen molar-refractivity contribution in [1.82, 2.24) is 10.6 Å². The predicted octanol–water partition coefficient (Wildman–Crippen LogP) is 2.75. The van der Waals surface area contributed by atoms with Crippen LogP contribution < -0.4 is 16.0 Å². The van der Waals surface area contributed by atoms with E-state index in [1.54, 1.807) is 4.99 Å². The van der Waals surface area contributed by atoms with Crippen LogP contribution in [0, 0.1) is 0 Å². The second-order valence-corrected chi connectivity index (χ2v) is 4.60. The minimum atomic E-state index is -0.137. The molecule has 2 rings (SSSR count). The number of benzene rings is 1. The number of rotatable bonds is 3. The van der Waals surface area contributed by atoms with Gasteiger partial charge >= 0.3 is 6.03 Å². The van der Waals surface area contributed by atoms with Gasteiger partial charge in [-0.1, -0.05) is 40.2 Å². The Balaban J connectivity index is 1.96. The molecule has 1 aromatic carbocycles. The molecule has 1 aliphatic rings. The van der Waals surface area contributed by atoms with Gasteiger partial charge in [0, 0.05) is 18.8 Å². The van der Waals surface area contributed by atoms with E-state index in [9.17, 15) is 4.79 Å². The zero-order valence-corrected chi connectivity index (χ0v) is 11.5. The molecule has 0 radical (unpaired) electrons. The molecule has 4 nitrogen and oxygen atoms in total. The maximum absolute atomic E-state index is 11.7. The van der Waals surface area contributed by atoms with Crippen LogP contribution in [0.25, 0.3) is 0 Å². The number of carbonyl (C=O) groups is 1. The van der Waals surface area contributed by atoms with Gasteiger partial charge < -0.3 is 16.0 Å². The average molecular weight is 310 g/mol. The maximum Gasteiger partial charge on any atom is 0.315 e. The third kappa shape index (κ3) is 3.26. The van der Waals surface area contributed by atoms with Crippen molar-refractivity contribution in [2.75, 3.05) is 18.4 Å². The number of urea groups is 1. The molecule has 0 fully saturated rings. The smallest absolute Gasteiger partial charge is 0.315 e. The van der Waals surface area contributed by atoms with Crippen LogP contribution in [0.3, 0.4) is 0 Å². The van der Waals surface area contributed by atoms with Gasteiger partial charge in [0.25, 0.3) is 0 Å². The zero-order chi connectivity index (χ0) is 12.8. The molecular weight excluding hydrogens is 294 g/mol. The van der Waals surface area contributed by atoms with E-state index in [-0.39, 0.29) is 12.1 Å². The lowest BCUT2D eigenvalue weighted by Crippen LogP contribution is -2.39.